The molecule has 1 aliphatic heterocycles. The van der Waals surface area contributed by atoms with Gasteiger partial charge in [0, 0.05) is 18.8 Å². The van der Waals surface area contributed by atoms with Crippen LogP contribution in [0, 0.1) is 5.41 Å². The Kier molecular flexibility index (Phi) is 5.26. The van der Waals surface area contributed by atoms with Crippen molar-refractivity contribution in [3.8, 4) is 0 Å². The van der Waals surface area contributed by atoms with E-state index in [1.165, 1.54) is 7.11 Å². The molecule has 0 bridgehead atoms. The van der Waals surface area contributed by atoms with Crippen LogP contribution in [-0.4, -0.2) is 50.3 Å². The van der Waals surface area contributed by atoms with Crippen molar-refractivity contribution in [1.29, 1.82) is 0 Å². The lowest BCUT2D eigenvalue weighted by atomic mass is 9.98. The molecule has 23 heavy (non-hydrogen) atoms. The molecular weight excluding hydrogens is 296 g/mol. The normalized spacial score (nSPS) is 16.1. The monoisotopic (exact) mass is 320 g/mol. The summed E-state index contributed by atoms with van der Waals surface area (Å²) in [7, 11) is 1.37. The van der Waals surface area contributed by atoms with Crippen molar-refractivity contribution in [2.45, 2.75) is 20.8 Å². The van der Waals surface area contributed by atoms with Crippen molar-refractivity contribution in [1.82, 2.24) is 5.06 Å². The van der Waals surface area contributed by atoms with Gasteiger partial charge in [-0.05, 0) is 45.0 Å². The van der Waals surface area contributed by atoms with Crippen molar-refractivity contribution in [2.24, 2.45) is 5.41 Å². The molecule has 0 amide bonds. The minimum absolute atomic E-state index is 0.214. The zero-order valence-electron chi connectivity index (χ0n) is 14.2. The van der Waals surface area contributed by atoms with E-state index in [0.29, 0.717) is 18.7 Å². The Balaban J connectivity index is 1.89. The molecule has 1 aliphatic rings. The minimum atomic E-state index is -0.499. The zero-order chi connectivity index (χ0) is 17.0. The number of esters is 1. The van der Waals surface area contributed by atoms with E-state index in [9.17, 15) is 9.59 Å². The van der Waals surface area contributed by atoms with Crippen molar-refractivity contribution < 1.29 is 19.2 Å². The second-order valence-electron chi connectivity index (χ2n) is 6.58. The van der Waals surface area contributed by atoms with E-state index >= 15 is 0 Å². The third-order valence-electron chi connectivity index (χ3n) is 3.72. The predicted octanol–water partition coefficient (Wildman–Crippen LogP) is 2.10. The zero-order valence-corrected chi connectivity index (χ0v) is 14.2. The van der Waals surface area contributed by atoms with Gasteiger partial charge in [0.15, 0.2) is 0 Å². The molecule has 0 aromatic heterocycles. The first-order valence-corrected chi connectivity index (χ1v) is 7.72. The average molecular weight is 320 g/mol. The highest BCUT2D eigenvalue weighted by Gasteiger charge is 2.27. The van der Waals surface area contributed by atoms with E-state index in [4.69, 9.17) is 9.57 Å². The van der Waals surface area contributed by atoms with Crippen LogP contribution < -0.4 is 4.90 Å². The lowest BCUT2D eigenvalue weighted by Gasteiger charge is -2.35. The van der Waals surface area contributed by atoms with Crippen LogP contribution in [0.5, 0.6) is 0 Å². The third kappa shape index (κ3) is 4.45. The van der Waals surface area contributed by atoms with Crippen LogP contribution in [0.4, 0.5) is 5.69 Å². The van der Waals surface area contributed by atoms with Gasteiger partial charge in [-0.2, -0.15) is 0 Å². The SMILES string of the molecule is COC(=O)c1ccc(N2CCN(OC(=O)C(C)(C)C)CC2)cc1. The summed E-state index contributed by atoms with van der Waals surface area (Å²) < 4.78 is 4.69. The number of anilines is 1. The fourth-order valence-electron chi connectivity index (χ4n) is 2.22. The first kappa shape index (κ1) is 17.3. The van der Waals surface area contributed by atoms with E-state index in [1.54, 1.807) is 17.2 Å². The molecule has 1 heterocycles. The van der Waals surface area contributed by atoms with E-state index in [-0.39, 0.29) is 11.9 Å². The lowest BCUT2D eigenvalue weighted by Crippen LogP contribution is -2.48. The summed E-state index contributed by atoms with van der Waals surface area (Å²) in [5.74, 6) is -0.552. The molecular formula is C17H24N2O4. The standard InChI is InChI=1S/C17H24N2O4/c1-17(2,3)16(21)23-19-11-9-18(10-12-19)14-7-5-13(6-8-14)15(20)22-4/h5-8H,9-12H2,1-4H3. The highest BCUT2D eigenvalue weighted by Crippen LogP contribution is 2.20. The van der Waals surface area contributed by atoms with Crippen LogP contribution in [0.25, 0.3) is 0 Å². The predicted molar refractivity (Wildman–Crippen MR) is 87.1 cm³/mol. The second-order valence-corrected chi connectivity index (χ2v) is 6.58. The third-order valence-corrected chi connectivity index (χ3v) is 3.72. The number of nitrogens with zero attached hydrogens (tertiary/aromatic N) is 2. The molecule has 0 atom stereocenters. The highest BCUT2D eigenvalue weighted by atomic mass is 16.7. The van der Waals surface area contributed by atoms with E-state index in [2.05, 4.69) is 4.90 Å². The van der Waals surface area contributed by atoms with Crippen LogP contribution in [-0.2, 0) is 14.4 Å². The van der Waals surface area contributed by atoms with Crippen molar-refractivity contribution in [3.05, 3.63) is 29.8 Å². The summed E-state index contributed by atoms with van der Waals surface area (Å²) in [6.07, 6.45) is 0. The van der Waals surface area contributed by atoms with E-state index < -0.39 is 5.41 Å². The summed E-state index contributed by atoms with van der Waals surface area (Å²) >= 11 is 0. The number of carbonyl (C=O) groups excluding carboxylic acids is 2. The van der Waals surface area contributed by atoms with Gasteiger partial charge in [0.1, 0.15) is 0 Å². The molecule has 0 spiro atoms. The number of carbonyl (C=O) groups is 2. The molecule has 1 aromatic rings. The molecule has 6 nitrogen and oxygen atoms in total. The van der Waals surface area contributed by atoms with Gasteiger partial charge in [0.2, 0.25) is 0 Å². The lowest BCUT2D eigenvalue weighted by molar-refractivity contribution is -0.201. The van der Waals surface area contributed by atoms with Gasteiger partial charge in [-0.1, -0.05) is 0 Å². The average Bonchev–Trinajstić information content (AvgIpc) is 2.54. The van der Waals surface area contributed by atoms with Crippen LogP contribution in [0.3, 0.4) is 0 Å². The van der Waals surface area contributed by atoms with Gasteiger partial charge >= 0.3 is 11.9 Å². The molecule has 1 saturated heterocycles. The van der Waals surface area contributed by atoms with Gasteiger partial charge in [0.05, 0.1) is 31.2 Å². The molecule has 0 N–H and O–H groups in total. The van der Waals surface area contributed by atoms with Crippen LogP contribution in [0.1, 0.15) is 31.1 Å². The second kappa shape index (κ2) is 7.00. The molecule has 126 valence electrons. The van der Waals surface area contributed by atoms with Gasteiger partial charge in [-0.25, -0.2) is 9.59 Å². The molecule has 0 radical (unpaired) electrons. The van der Waals surface area contributed by atoms with E-state index in [1.807, 2.05) is 32.9 Å². The van der Waals surface area contributed by atoms with Gasteiger partial charge in [-0.15, -0.1) is 5.06 Å². The maximum atomic E-state index is 11.9. The Morgan fingerprint density at radius 3 is 2.04 bits per heavy atom. The molecule has 1 aromatic carbocycles. The van der Waals surface area contributed by atoms with Crippen LogP contribution in [0.2, 0.25) is 0 Å². The van der Waals surface area contributed by atoms with Gasteiger partial charge in [0.25, 0.3) is 0 Å². The van der Waals surface area contributed by atoms with Crippen molar-refractivity contribution >= 4 is 17.6 Å². The number of hydroxylamine groups is 2. The Bertz CT molecular complexity index is 555. The minimum Gasteiger partial charge on any atom is -0.465 e. The number of hydrogen-bond donors (Lipinski definition) is 0. The van der Waals surface area contributed by atoms with Crippen LogP contribution in [0.15, 0.2) is 24.3 Å². The topological polar surface area (TPSA) is 59.1 Å². The number of ether oxygens (including phenoxy) is 1. The summed E-state index contributed by atoms with van der Waals surface area (Å²) in [6, 6.07) is 7.33. The first-order valence-electron chi connectivity index (χ1n) is 7.72. The number of methoxy groups -OCH3 is 1. The molecule has 1 fully saturated rings. The van der Waals surface area contributed by atoms with Gasteiger partial charge < -0.3 is 14.5 Å². The maximum absolute atomic E-state index is 11.9. The quantitative estimate of drug-likeness (QED) is 0.795. The Morgan fingerprint density at radius 2 is 1.57 bits per heavy atom. The summed E-state index contributed by atoms with van der Waals surface area (Å²) in [5, 5.41) is 1.72. The number of benzene rings is 1. The number of hydrogen-bond acceptors (Lipinski definition) is 6. The molecule has 0 aliphatic carbocycles. The van der Waals surface area contributed by atoms with Crippen molar-refractivity contribution in [2.75, 3.05) is 38.2 Å². The molecule has 6 heteroatoms. The maximum Gasteiger partial charge on any atom is 0.337 e. The number of rotatable bonds is 3. The molecule has 0 unspecified atom stereocenters. The molecule has 0 saturated carbocycles. The Hall–Kier alpha value is -2.08. The fourth-order valence-corrected chi connectivity index (χ4v) is 2.22. The van der Waals surface area contributed by atoms with Gasteiger partial charge in [-0.3, -0.25) is 0 Å². The smallest absolute Gasteiger partial charge is 0.337 e. The first-order chi connectivity index (χ1) is 10.8. The Labute approximate surface area is 136 Å². The summed E-state index contributed by atoms with van der Waals surface area (Å²) in [6.45, 7) is 8.35. The largest absolute Gasteiger partial charge is 0.465 e. The summed E-state index contributed by atoms with van der Waals surface area (Å²) in [5.41, 5.74) is 1.08. The highest BCUT2D eigenvalue weighted by molar-refractivity contribution is 5.89. The summed E-state index contributed by atoms with van der Waals surface area (Å²) in [4.78, 5) is 30.9. The number of piperazine rings is 1. The van der Waals surface area contributed by atoms with E-state index in [0.717, 1.165) is 18.8 Å². The molecule has 2 rings (SSSR count). The van der Waals surface area contributed by atoms with Crippen molar-refractivity contribution in [3.63, 3.8) is 0 Å². The van der Waals surface area contributed by atoms with Crippen LogP contribution >= 0.6 is 0 Å². The Morgan fingerprint density at radius 1 is 1.00 bits per heavy atom. The fraction of sp³-hybridized carbons (Fsp3) is 0.529.